The Hall–Kier alpha value is -0.0800. The van der Waals surface area contributed by atoms with Crippen molar-refractivity contribution in [1.29, 1.82) is 0 Å². The van der Waals surface area contributed by atoms with E-state index in [9.17, 15) is 0 Å². The second-order valence-corrected chi connectivity index (χ2v) is 2.85. The first-order valence-electron chi connectivity index (χ1n) is 3.21. The maximum atomic E-state index is 5.60. The molecule has 0 aromatic rings. The summed E-state index contributed by atoms with van der Waals surface area (Å²) >= 11 is 0. The summed E-state index contributed by atoms with van der Waals surface area (Å²) in [6.45, 7) is 2.05. The molecule has 0 radical (unpaired) electrons. The van der Waals surface area contributed by atoms with Crippen molar-refractivity contribution >= 4 is 0 Å². The fourth-order valence-electron chi connectivity index (χ4n) is 1.14. The van der Waals surface area contributed by atoms with Crippen LogP contribution in [0.4, 0.5) is 0 Å². The largest absolute Gasteiger partial charge is 0.328 e. The van der Waals surface area contributed by atoms with Crippen LogP contribution in [0.5, 0.6) is 0 Å². The van der Waals surface area contributed by atoms with Crippen molar-refractivity contribution in [2.24, 2.45) is 17.4 Å². The zero-order valence-corrected chi connectivity index (χ0v) is 5.30. The monoisotopic (exact) mass is 114 g/mol. The smallest absolute Gasteiger partial charge is 0.00452 e. The van der Waals surface area contributed by atoms with Gasteiger partial charge in [-0.15, -0.1) is 0 Å². The molecule has 1 aliphatic rings. The van der Waals surface area contributed by atoms with E-state index in [0.717, 1.165) is 12.8 Å². The van der Waals surface area contributed by atoms with E-state index in [-0.39, 0.29) is 0 Å². The lowest BCUT2D eigenvalue weighted by molar-refractivity contribution is 0.231. The molecule has 1 rings (SSSR count). The van der Waals surface area contributed by atoms with Gasteiger partial charge in [0.05, 0.1) is 0 Å². The van der Waals surface area contributed by atoms with E-state index in [1.54, 1.807) is 0 Å². The van der Waals surface area contributed by atoms with Crippen molar-refractivity contribution in [3.05, 3.63) is 0 Å². The Labute approximate surface area is 50.2 Å². The highest BCUT2D eigenvalue weighted by Crippen LogP contribution is 2.27. The zero-order valence-electron chi connectivity index (χ0n) is 5.30. The summed E-state index contributed by atoms with van der Waals surface area (Å²) in [4.78, 5) is 0. The van der Waals surface area contributed by atoms with E-state index >= 15 is 0 Å². The Bertz CT molecular complexity index is 74.6. The van der Waals surface area contributed by atoms with Crippen molar-refractivity contribution in [3.63, 3.8) is 0 Å². The Morgan fingerprint density at radius 2 is 2.00 bits per heavy atom. The number of nitrogens with two attached hydrogens (primary N) is 2. The predicted octanol–water partition coefficient (Wildman–Crippen LogP) is 0.0709. The molecule has 0 aliphatic heterocycles. The first kappa shape index (κ1) is 6.05. The van der Waals surface area contributed by atoms with Crippen LogP contribution in [0.3, 0.4) is 0 Å². The molecule has 0 spiro atoms. The number of hydrogen-bond acceptors (Lipinski definition) is 2. The quantitative estimate of drug-likeness (QED) is 0.507. The molecule has 48 valence electrons. The molecule has 8 heavy (non-hydrogen) atoms. The van der Waals surface area contributed by atoms with Gasteiger partial charge in [0.2, 0.25) is 0 Å². The minimum absolute atomic E-state index is 0.356. The van der Waals surface area contributed by atoms with Crippen LogP contribution in [-0.2, 0) is 0 Å². The normalized spacial score (nSPS) is 40.9. The summed E-state index contributed by atoms with van der Waals surface area (Å²) in [6.07, 6.45) is 2.27. The topological polar surface area (TPSA) is 52.0 Å². The minimum atomic E-state index is 0.356. The lowest BCUT2D eigenvalue weighted by atomic mass is 9.77. The van der Waals surface area contributed by atoms with Crippen molar-refractivity contribution < 1.29 is 0 Å². The molecular formula is C6H14N2. The highest BCUT2D eigenvalue weighted by atomic mass is 14.7. The van der Waals surface area contributed by atoms with Gasteiger partial charge in [-0.3, -0.25) is 0 Å². The van der Waals surface area contributed by atoms with Gasteiger partial charge in [-0.2, -0.15) is 0 Å². The first-order chi connectivity index (χ1) is 3.70. The fraction of sp³-hybridized carbons (Fsp3) is 1.00. The first-order valence-corrected chi connectivity index (χ1v) is 3.21. The van der Waals surface area contributed by atoms with Crippen molar-refractivity contribution in [2.75, 3.05) is 0 Å². The van der Waals surface area contributed by atoms with Gasteiger partial charge in [0, 0.05) is 12.1 Å². The molecule has 0 aromatic carbocycles. The molecule has 0 bridgehead atoms. The molecule has 1 aliphatic carbocycles. The lowest BCUT2D eigenvalue weighted by Gasteiger charge is -2.35. The van der Waals surface area contributed by atoms with Crippen LogP contribution in [0, 0.1) is 5.92 Å². The van der Waals surface area contributed by atoms with E-state index in [1.165, 1.54) is 0 Å². The maximum Gasteiger partial charge on any atom is 0.00452 e. The van der Waals surface area contributed by atoms with Gasteiger partial charge >= 0.3 is 0 Å². The summed E-state index contributed by atoms with van der Waals surface area (Å²) in [5, 5.41) is 0. The lowest BCUT2D eigenvalue weighted by Crippen LogP contribution is -2.44. The van der Waals surface area contributed by atoms with E-state index in [1.807, 2.05) is 0 Å². The zero-order chi connectivity index (χ0) is 6.15. The average molecular weight is 114 g/mol. The molecule has 0 saturated heterocycles. The molecule has 0 heterocycles. The Morgan fingerprint density at radius 3 is 2.12 bits per heavy atom. The summed E-state index contributed by atoms with van der Waals surface area (Å²) in [7, 11) is 0. The van der Waals surface area contributed by atoms with Gasteiger partial charge in [-0.05, 0) is 25.7 Å². The molecule has 1 atom stereocenters. The number of hydrogen-bond donors (Lipinski definition) is 2. The van der Waals surface area contributed by atoms with E-state index in [2.05, 4.69) is 6.92 Å². The summed E-state index contributed by atoms with van der Waals surface area (Å²) in [6, 6.07) is 0.806. The Balaban J connectivity index is 2.15. The third kappa shape index (κ3) is 1.01. The minimum Gasteiger partial charge on any atom is -0.328 e. The molecule has 1 fully saturated rings. The van der Waals surface area contributed by atoms with Crippen LogP contribution in [0.15, 0.2) is 0 Å². The molecule has 2 nitrogen and oxygen atoms in total. The fourth-order valence-corrected chi connectivity index (χ4v) is 1.14. The third-order valence-electron chi connectivity index (χ3n) is 1.95. The van der Waals surface area contributed by atoms with E-state index in [0.29, 0.717) is 18.0 Å². The highest BCUT2D eigenvalue weighted by molar-refractivity contribution is 4.86. The molecule has 4 N–H and O–H groups in total. The van der Waals surface area contributed by atoms with Gasteiger partial charge in [-0.1, -0.05) is 0 Å². The number of rotatable bonds is 1. The Morgan fingerprint density at radius 1 is 1.50 bits per heavy atom. The van der Waals surface area contributed by atoms with Crippen molar-refractivity contribution in [3.8, 4) is 0 Å². The summed E-state index contributed by atoms with van der Waals surface area (Å²) in [5.41, 5.74) is 11.2. The van der Waals surface area contributed by atoms with Gasteiger partial charge in [0.1, 0.15) is 0 Å². The molecule has 0 aromatic heterocycles. The standard InChI is InChI=1S/C6H14N2/c1-4(7)5-2-6(8)3-5/h4-6H,2-3,7-8H2,1H3. The van der Waals surface area contributed by atoms with Crippen LogP contribution >= 0.6 is 0 Å². The third-order valence-corrected chi connectivity index (χ3v) is 1.95. The molecular weight excluding hydrogens is 100 g/mol. The van der Waals surface area contributed by atoms with Crippen molar-refractivity contribution in [2.45, 2.75) is 31.8 Å². The van der Waals surface area contributed by atoms with Gasteiger partial charge in [-0.25, -0.2) is 0 Å². The van der Waals surface area contributed by atoms with Crippen molar-refractivity contribution in [1.82, 2.24) is 0 Å². The maximum absolute atomic E-state index is 5.60. The van der Waals surface area contributed by atoms with Crippen LogP contribution in [0.1, 0.15) is 19.8 Å². The van der Waals surface area contributed by atoms with Gasteiger partial charge < -0.3 is 11.5 Å². The molecule has 2 heteroatoms. The van der Waals surface area contributed by atoms with Crippen LogP contribution in [0.25, 0.3) is 0 Å². The second-order valence-electron chi connectivity index (χ2n) is 2.85. The molecule has 1 unspecified atom stereocenters. The van der Waals surface area contributed by atoms with Gasteiger partial charge in [0.25, 0.3) is 0 Å². The Kier molecular flexibility index (Phi) is 1.54. The van der Waals surface area contributed by atoms with E-state index < -0.39 is 0 Å². The summed E-state index contributed by atoms with van der Waals surface area (Å²) < 4.78 is 0. The second kappa shape index (κ2) is 2.03. The summed E-state index contributed by atoms with van der Waals surface area (Å²) in [5.74, 6) is 0.713. The van der Waals surface area contributed by atoms with Crippen LogP contribution < -0.4 is 11.5 Å². The average Bonchev–Trinajstić information content (AvgIpc) is 1.57. The predicted molar refractivity (Wildman–Crippen MR) is 34.3 cm³/mol. The molecule has 0 amide bonds. The molecule has 1 saturated carbocycles. The highest BCUT2D eigenvalue weighted by Gasteiger charge is 2.28. The van der Waals surface area contributed by atoms with Gasteiger partial charge in [0.15, 0.2) is 0 Å². The van der Waals surface area contributed by atoms with Crippen LogP contribution in [-0.4, -0.2) is 12.1 Å². The van der Waals surface area contributed by atoms with Crippen LogP contribution in [0.2, 0.25) is 0 Å². The van der Waals surface area contributed by atoms with E-state index in [4.69, 9.17) is 11.5 Å². The SMILES string of the molecule is CC(N)C1CC(N)C1.